The minimum atomic E-state index is -3.36. The zero-order valence-corrected chi connectivity index (χ0v) is 14.3. The summed E-state index contributed by atoms with van der Waals surface area (Å²) in [6.07, 6.45) is 2.98. The third kappa shape index (κ3) is 2.91. The summed E-state index contributed by atoms with van der Waals surface area (Å²) in [5.41, 5.74) is 7.63. The molecule has 3 aromatic rings. The molecule has 0 atom stereocenters. The second-order valence-corrected chi connectivity index (χ2v) is 6.93. The summed E-state index contributed by atoms with van der Waals surface area (Å²) in [7, 11) is -3.36. The molecule has 0 saturated heterocycles. The smallest absolute Gasteiger partial charge is 0.361 e. The van der Waals surface area contributed by atoms with Crippen LogP contribution in [0.5, 0.6) is 0 Å². The number of imidazole rings is 1. The zero-order chi connectivity index (χ0) is 17.2. The number of benzene rings is 1. The van der Waals surface area contributed by atoms with Crippen LogP contribution in [0.25, 0.3) is 16.9 Å². The molecule has 1 aromatic carbocycles. The number of hydrogen-bond donors (Lipinski definition) is 1. The van der Waals surface area contributed by atoms with E-state index in [1.165, 1.54) is 6.33 Å². The lowest BCUT2D eigenvalue weighted by atomic mass is 10.3. The predicted octanol–water partition coefficient (Wildman–Crippen LogP) is 2.29. The molecule has 8 nitrogen and oxygen atoms in total. The van der Waals surface area contributed by atoms with Crippen LogP contribution in [0.2, 0.25) is 0 Å². The molecule has 3 rings (SSSR count). The van der Waals surface area contributed by atoms with E-state index >= 15 is 0 Å². The van der Waals surface area contributed by atoms with Gasteiger partial charge in [0, 0.05) is 5.69 Å². The number of rotatable bonds is 6. The number of nitrogens with zero attached hydrogens (tertiary/aromatic N) is 4. The Morgan fingerprint density at radius 3 is 2.62 bits per heavy atom. The fourth-order valence-electron chi connectivity index (χ4n) is 2.38. The number of nitrogens with two attached hydrogens (primary N) is 1. The van der Waals surface area contributed by atoms with Gasteiger partial charge in [-0.25, -0.2) is 15.0 Å². The largest absolute Gasteiger partial charge is 0.382 e. The molecule has 126 valence electrons. The van der Waals surface area contributed by atoms with Gasteiger partial charge in [0.15, 0.2) is 17.0 Å². The van der Waals surface area contributed by atoms with E-state index in [4.69, 9.17) is 14.8 Å². The van der Waals surface area contributed by atoms with Gasteiger partial charge < -0.3 is 14.8 Å². The Labute approximate surface area is 139 Å². The highest BCUT2D eigenvalue weighted by molar-refractivity contribution is 7.62. The van der Waals surface area contributed by atoms with Gasteiger partial charge in [0.1, 0.15) is 12.7 Å². The first-order valence-corrected chi connectivity index (χ1v) is 9.07. The Balaban J connectivity index is 2.10. The highest BCUT2D eigenvalue weighted by Crippen LogP contribution is 2.47. The highest BCUT2D eigenvalue weighted by Gasteiger charge is 2.27. The normalized spacial score (nSPS) is 11.9. The molecule has 0 saturated carbocycles. The predicted molar refractivity (Wildman–Crippen MR) is 91.6 cm³/mol. The molecule has 0 bridgehead atoms. The third-order valence-electron chi connectivity index (χ3n) is 3.38. The second kappa shape index (κ2) is 6.68. The number of anilines is 1. The van der Waals surface area contributed by atoms with Crippen LogP contribution in [0.3, 0.4) is 0 Å². The lowest BCUT2D eigenvalue weighted by Gasteiger charge is -2.18. The van der Waals surface area contributed by atoms with Crippen LogP contribution in [0.1, 0.15) is 13.8 Å². The van der Waals surface area contributed by atoms with Crippen LogP contribution in [-0.4, -0.2) is 32.7 Å². The van der Waals surface area contributed by atoms with Crippen molar-refractivity contribution in [1.82, 2.24) is 19.5 Å². The van der Waals surface area contributed by atoms with Crippen molar-refractivity contribution in [2.24, 2.45) is 0 Å². The summed E-state index contributed by atoms with van der Waals surface area (Å²) in [5, 5.41) is 0.479. The fourth-order valence-corrected chi connectivity index (χ4v) is 3.99. The van der Waals surface area contributed by atoms with Crippen LogP contribution in [0.15, 0.2) is 36.9 Å². The van der Waals surface area contributed by atoms with E-state index in [-0.39, 0.29) is 0 Å². The minimum absolute atomic E-state index is 0.291. The lowest BCUT2D eigenvalue weighted by molar-refractivity contribution is 0.230. The van der Waals surface area contributed by atoms with Crippen LogP contribution >= 0.6 is 7.60 Å². The monoisotopic (exact) mass is 347 g/mol. The number of aromatic nitrogens is 4. The summed E-state index contributed by atoms with van der Waals surface area (Å²) in [5.74, 6) is 0.309. The van der Waals surface area contributed by atoms with Gasteiger partial charge in [0.2, 0.25) is 0 Å². The minimum Gasteiger partial charge on any atom is -0.382 e. The van der Waals surface area contributed by atoms with E-state index < -0.39 is 7.60 Å². The average Bonchev–Trinajstić information content (AvgIpc) is 3.01. The lowest BCUT2D eigenvalue weighted by Crippen LogP contribution is -2.12. The molecule has 0 unspecified atom stereocenters. The average molecular weight is 347 g/mol. The molecule has 0 radical (unpaired) electrons. The van der Waals surface area contributed by atoms with Gasteiger partial charge in [0.25, 0.3) is 0 Å². The van der Waals surface area contributed by atoms with Crippen LogP contribution in [0, 0.1) is 0 Å². The van der Waals surface area contributed by atoms with Crippen molar-refractivity contribution < 1.29 is 13.6 Å². The van der Waals surface area contributed by atoms with Crippen LogP contribution in [0.4, 0.5) is 5.82 Å². The van der Waals surface area contributed by atoms with Gasteiger partial charge in [-0.3, -0.25) is 9.13 Å². The SMILES string of the molecule is CCOP(=O)(OCC)c1cccc(-n2cnc3c(N)ncnc32)c1. The molecule has 0 aliphatic rings. The topological polar surface area (TPSA) is 105 Å². The van der Waals surface area contributed by atoms with Gasteiger partial charge in [-0.1, -0.05) is 6.07 Å². The molecule has 2 aromatic heterocycles. The van der Waals surface area contributed by atoms with Crippen molar-refractivity contribution >= 4 is 29.9 Å². The summed E-state index contributed by atoms with van der Waals surface area (Å²) in [6, 6.07) is 7.10. The highest BCUT2D eigenvalue weighted by atomic mass is 31.2. The molecule has 0 spiro atoms. The van der Waals surface area contributed by atoms with Crippen molar-refractivity contribution in [2.75, 3.05) is 18.9 Å². The van der Waals surface area contributed by atoms with E-state index in [2.05, 4.69) is 15.0 Å². The first kappa shape index (κ1) is 16.6. The first-order chi connectivity index (χ1) is 11.6. The first-order valence-electron chi connectivity index (χ1n) is 7.52. The Bertz CT molecular complexity index is 901. The summed E-state index contributed by atoms with van der Waals surface area (Å²) >= 11 is 0. The quantitative estimate of drug-likeness (QED) is 0.682. The Morgan fingerprint density at radius 2 is 1.92 bits per heavy atom. The number of fused-ring (bicyclic) bond motifs is 1. The van der Waals surface area contributed by atoms with E-state index in [9.17, 15) is 4.57 Å². The van der Waals surface area contributed by atoms with Crippen molar-refractivity contribution in [3.63, 3.8) is 0 Å². The molecule has 24 heavy (non-hydrogen) atoms. The maximum absolute atomic E-state index is 12.9. The van der Waals surface area contributed by atoms with Gasteiger partial charge in [-0.15, -0.1) is 0 Å². The van der Waals surface area contributed by atoms with E-state index in [1.54, 1.807) is 42.9 Å². The molecule has 0 amide bonds. The molecule has 2 heterocycles. The number of nitrogen functional groups attached to an aromatic ring is 1. The molecule has 0 aliphatic heterocycles. The standard InChI is InChI=1S/C15H18N5O3P/c1-3-22-24(21,23-4-2)12-7-5-6-11(8-12)20-10-19-13-14(16)17-9-18-15(13)20/h5-10H,3-4H2,1-2H3,(H2,16,17,18). The zero-order valence-electron chi connectivity index (χ0n) is 13.4. The van der Waals surface area contributed by atoms with Crippen molar-refractivity contribution in [1.29, 1.82) is 0 Å². The Morgan fingerprint density at radius 1 is 1.17 bits per heavy atom. The van der Waals surface area contributed by atoms with Crippen molar-refractivity contribution in [3.05, 3.63) is 36.9 Å². The van der Waals surface area contributed by atoms with E-state index in [1.807, 2.05) is 6.07 Å². The van der Waals surface area contributed by atoms with Gasteiger partial charge in [-0.2, -0.15) is 0 Å². The van der Waals surface area contributed by atoms with Gasteiger partial charge in [-0.05, 0) is 32.0 Å². The van der Waals surface area contributed by atoms with Gasteiger partial charge in [0.05, 0.1) is 18.5 Å². The molecule has 9 heteroatoms. The molecule has 0 fully saturated rings. The fraction of sp³-hybridized carbons (Fsp3) is 0.267. The molecule has 0 aliphatic carbocycles. The van der Waals surface area contributed by atoms with Crippen molar-refractivity contribution in [3.8, 4) is 5.69 Å². The van der Waals surface area contributed by atoms with Crippen molar-refractivity contribution in [2.45, 2.75) is 13.8 Å². The Kier molecular flexibility index (Phi) is 4.62. The summed E-state index contributed by atoms with van der Waals surface area (Å²) in [4.78, 5) is 12.4. The molecular weight excluding hydrogens is 329 g/mol. The summed E-state index contributed by atoms with van der Waals surface area (Å²) < 4.78 is 25.5. The molecule has 2 N–H and O–H groups in total. The van der Waals surface area contributed by atoms with E-state index in [0.29, 0.717) is 35.5 Å². The third-order valence-corrected chi connectivity index (χ3v) is 5.49. The molecular formula is C15H18N5O3P. The summed E-state index contributed by atoms with van der Waals surface area (Å²) in [6.45, 7) is 4.13. The second-order valence-electron chi connectivity index (χ2n) is 4.90. The maximum atomic E-state index is 12.9. The Hall–Kier alpha value is -2.28. The maximum Gasteiger partial charge on any atom is 0.361 e. The van der Waals surface area contributed by atoms with E-state index in [0.717, 1.165) is 5.69 Å². The van der Waals surface area contributed by atoms with Crippen LogP contribution in [-0.2, 0) is 13.6 Å². The number of hydrogen-bond acceptors (Lipinski definition) is 7. The van der Waals surface area contributed by atoms with Crippen LogP contribution < -0.4 is 11.0 Å². The van der Waals surface area contributed by atoms with Gasteiger partial charge >= 0.3 is 7.60 Å².